The molecule has 2 N–H and O–H groups in total. The van der Waals surface area contributed by atoms with Gasteiger partial charge in [0.15, 0.2) is 0 Å². The van der Waals surface area contributed by atoms with Gasteiger partial charge in [-0.2, -0.15) is 5.10 Å². The number of nitrogens with zero attached hydrogens (tertiary/aromatic N) is 3. The van der Waals surface area contributed by atoms with Gasteiger partial charge < -0.3 is 5.32 Å². The standard InChI is InChI=1S/C15H17N5/c1-10-7-12(13-5-3-4-6-14(13)19-10)8-16-11(2)15-17-9-18-20-15/h3-7,9,11,16H,8H2,1-2H3,(H,17,18,20). The van der Waals surface area contributed by atoms with Gasteiger partial charge in [-0.15, -0.1) is 0 Å². The van der Waals surface area contributed by atoms with E-state index >= 15 is 0 Å². The molecule has 0 radical (unpaired) electrons. The molecule has 1 aromatic carbocycles. The van der Waals surface area contributed by atoms with E-state index in [-0.39, 0.29) is 6.04 Å². The van der Waals surface area contributed by atoms with Crippen molar-refractivity contribution in [2.45, 2.75) is 26.4 Å². The molecule has 0 amide bonds. The summed E-state index contributed by atoms with van der Waals surface area (Å²) in [5, 5.41) is 11.4. The number of rotatable bonds is 4. The van der Waals surface area contributed by atoms with E-state index in [0.717, 1.165) is 23.6 Å². The van der Waals surface area contributed by atoms with Crippen LogP contribution in [0.1, 0.15) is 30.0 Å². The molecule has 5 heteroatoms. The largest absolute Gasteiger partial charge is 0.303 e. The lowest BCUT2D eigenvalue weighted by atomic mass is 10.1. The molecular formula is C15H17N5. The molecule has 3 rings (SSSR count). The summed E-state index contributed by atoms with van der Waals surface area (Å²) in [6, 6.07) is 10.5. The summed E-state index contributed by atoms with van der Waals surface area (Å²) in [5.74, 6) is 0.847. The van der Waals surface area contributed by atoms with E-state index in [1.165, 1.54) is 17.3 Å². The average Bonchev–Trinajstić information content (AvgIpc) is 2.98. The minimum absolute atomic E-state index is 0.129. The van der Waals surface area contributed by atoms with Crippen LogP contribution in [-0.2, 0) is 6.54 Å². The van der Waals surface area contributed by atoms with Crippen molar-refractivity contribution in [1.29, 1.82) is 0 Å². The quantitative estimate of drug-likeness (QED) is 0.762. The highest BCUT2D eigenvalue weighted by Crippen LogP contribution is 2.19. The maximum absolute atomic E-state index is 4.56. The molecule has 5 nitrogen and oxygen atoms in total. The summed E-state index contributed by atoms with van der Waals surface area (Å²) in [4.78, 5) is 8.72. The van der Waals surface area contributed by atoms with E-state index in [2.05, 4.69) is 44.5 Å². The van der Waals surface area contributed by atoms with E-state index in [1.807, 2.05) is 25.1 Å². The normalized spacial score (nSPS) is 12.7. The topological polar surface area (TPSA) is 66.5 Å². The predicted octanol–water partition coefficient (Wildman–Crippen LogP) is 2.51. The Labute approximate surface area is 117 Å². The molecule has 0 aliphatic heterocycles. The first kappa shape index (κ1) is 12.7. The van der Waals surface area contributed by atoms with E-state index in [0.29, 0.717) is 0 Å². The van der Waals surface area contributed by atoms with Gasteiger partial charge in [0.25, 0.3) is 0 Å². The maximum atomic E-state index is 4.56. The molecule has 20 heavy (non-hydrogen) atoms. The van der Waals surface area contributed by atoms with E-state index in [1.54, 1.807) is 0 Å². The third-order valence-electron chi connectivity index (χ3n) is 3.37. The highest BCUT2D eigenvalue weighted by Gasteiger charge is 2.09. The van der Waals surface area contributed by atoms with Crippen molar-refractivity contribution in [3.05, 3.63) is 53.7 Å². The number of pyridine rings is 1. The van der Waals surface area contributed by atoms with Crippen LogP contribution in [-0.4, -0.2) is 20.2 Å². The predicted molar refractivity (Wildman–Crippen MR) is 78.1 cm³/mol. The molecule has 2 heterocycles. The first-order valence-electron chi connectivity index (χ1n) is 6.68. The van der Waals surface area contributed by atoms with Gasteiger partial charge in [0.2, 0.25) is 0 Å². The Bertz CT molecular complexity index is 705. The van der Waals surface area contributed by atoms with Crippen LogP contribution < -0.4 is 5.32 Å². The Morgan fingerprint density at radius 1 is 1.30 bits per heavy atom. The van der Waals surface area contributed by atoms with Gasteiger partial charge in [-0.3, -0.25) is 10.1 Å². The molecule has 0 bridgehead atoms. The molecule has 0 spiro atoms. The fourth-order valence-electron chi connectivity index (χ4n) is 2.32. The summed E-state index contributed by atoms with van der Waals surface area (Å²) < 4.78 is 0. The Kier molecular flexibility index (Phi) is 3.43. The second-order valence-electron chi connectivity index (χ2n) is 4.91. The van der Waals surface area contributed by atoms with Gasteiger partial charge in [-0.1, -0.05) is 18.2 Å². The number of aromatic nitrogens is 4. The molecular weight excluding hydrogens is 250 g/mol. The van der Waals surface area contributed by atoms with Gasteiger partial charge in [0.1, 0.15) is 12.2 Å². The van der Waals surface area contributed by atoms with Gasteiger partial charge >= 0.3 is 0 Å². The molecule has 2 aromatic heterocycles. The first-order valence-corrected chi connectivity index (χ1v) is 6.68. The summed E-state index contributed by atoms with van der Waals surface area (Å²) in [6.45, 7) is 4.86. The molecule has 1 atom stereocenters. The molecule has 3 aromatic rings. The zero-order valence-corrected chi connectivity index (χ0v) is 11.6. The highest BCUT2D eigenvalue weighted by atomic mass is 15.2. The fraction of sp³-hybridized carbons (Fsp3) is 0.267. The van der Waals surface area contributed by atoms with Gasteiger partial charge in [-0.05, 0) is 31.5 Å². The van der Waals surface area contributed by atoms with Crippen molar-refractivity contribution in [3.8, 4) is 0 Å². The zero-order chi connectivity index (χ0) is 13.9. The average molecular weight is 267 g/mol. The minimum atomic E-state index is 0.129. The number of hydrogen-bond donors (Lipinski definition) is 2. The lowest BCUT2D eigenvalue weighted by molar-refractivity contribution is 0.549. The maximum Gasteiger partial charge on any atom is 0.141 e. The van der Waals surface area contributed by atoms with Gasteiger partial charge in [-0.25, -0.2) is 4.98 Å². The monoisotopic (exact) mass is 267 g/mol. The third-order valence-corrected chi connectivity index (χ3v) is 3.37. The van der Waals surface area contributed by atoms with Gasteiger partial charge in [0, 0.05) is 17.6 Å². The number of aromatic amines is 1. The van der Waals surface area contributed by atoms with E-state index in [9.17, 15) is 0 Å². The molecule has 0 saturated carbocycles. The van der Waals surface area contributed by atoms with E-state index < -0.39 is 0 Å². The third kappa shape index (κ3) is 2.53. The van der Waals surface area contributed by atoms with Crippen LogP contribution in [0.2, 0.25) is 0 Å². The van der Waals surface area contributed by atoms with Crippen LogP contribution >= 0.6 is 0 Å². The summed E-state index contributed by atoms with van der Waals surface area (Å²) in [7, 11) is 0. The lowest BCUT2D eigenvalue weighted by Gasteiger charge is -2.13. The molecule has 0 aliphatic carbocycles. The second kappa shape index (κ2) is 5.38. The summed E-state index contributed by atoms with van der Waals surface area (Å²) in [5.41, 5.74) is 3.32. The fourth-order valence-corrected chi connectivity index (χ4v) is 2.32. The highest BCUT2D eigenvalue weighted by molar-refractivity contribution is 5.82. The van der Waals surface area contributed by atoms with Crippen LogP contribution in [0.4, 0.5) is 0 Å². The number of hydrogen-bond acceptors (Lipinski definition) is 4. The van der Waals surface area contributed by atoms with Crippen LogP contribution in [0.5, 0.6) is 0 Å². The summed E-state index contributed by atoms with van der Waals surface area (Å²) in [6.07, 6.45) is 1.53. The van der Waals surface area contributed by atoms with Crippen LogP contribution in [0, 0.1) is 6.92 Å². The number of nitrogens with one attached hydrogen (secondary N) is 2. The van der Waals surface area contributed by atoms with Crippen molar-refractivity contribution in [3.63, 3.8) is 0 Å². The summed E-state index contributed by atoms with van der Waals surface area (Å²) >= 11 is 0. The number of H-pyrrole nitrogens is 1. The van der Waals surface area contributed by atoms with Crippen molar-refractivity contribution in [2.24, 2.45) is 0 Å². The number of fused-ring (bicyclic) bond motifs is 1. The molecule has 0 saturated heterocycles. The lowest BCUT2D eigenvalue weighted by Crippen LogP contribution is -2.19. The number of para-hydroxylation sites is 1. The zero-order valence-electron chi connectivity index (χ0n) is 11.6. The SMILES string of the molecule is Cc1cc(CNC(C)c2ncn[nH]2)c2ccccc2n1. The Morgan fingerprint density at radius 3 is 2.95 bits per heavy atom. The van der Waals surface area contributed by atoms with Crippen LogP contribution in [0.25, 0.3) is 10.9 Å². The number of benzene rings is 1. The Balaban J connectivity index is 1.84. The first-order chi connectivity index (χ1) is 9.74. The molecule has 0 aliphatic rings. The molecule has 0 fully saturated rings. The molecule has 1 unspecified atom stereocenters. The van der Waals surface area contributed by atoms with Gasteiger partial charge in [0.05, 0.1) is 11.6 Å². The van der Waals surface area contributed by atoms with E-state index in [4.69, 9.17) is 0 Å². The Hall–Kier alpha value is -2.27. The van der Waals surface area contributed by atoms with Crippen LogP contribution in [0.3, 0.4) is 0 Å². The smallest absolute Gasteiger partial charge is 0.141 e. The van der Waals surface area contributed by atoms with Crippen molar-refractivity contribution >= 4 is 10.9 Å². The van der Waals surface area contributed by atoms with Crippen molar-refractivity contribution < 1.29 is 0 Å². The second-order valence-corrected chi connectivity index (χ2v) is 4.91. The number of aryl methyl sites for hydroxylation is 1. The Morgan fingerprint density at radius 2 is 2.15 bits per heavy atom. The molecule has 102 valence electrons. The van der Waals surface area contributed by atoms with Crippen molar-refractivity contribution in [2.75, 3.05) is 0 Å². The minimum Gasteiger partial charge on any atom is -0.303 e. The van der Waals surface area contributed by atoms with Crippen LogP contribution in [0.15, 0.2) is 36.7 Å². The van der Waals surface area contributed by atoms with Crippen molar-refractivity contribution in [1.82, 2.24) is 25.5 Å².